The zero-order valence-electron chi connectivity index (χ0n) is 17.7. The van der Waals surface area contributed by atoms with Crippen LogP contribution in [-0.4, -0.2) is 41.9 Å². The molecule has 1 heterocycles. The van der Waals surface area contributed by atoms with Crippen molar-refractivity contribution in [2.24, 2.45) is 0 Å². The Kier molecular flexibility index (Phi) is 5.84. The summed E-state index contributed by atoms with van der Waals surface area (Å²) < 4.78 is 5.59. The van der Waals surface area contributed by atoms with Crippen molar-refractivity contribution in [3.63, 3.8) is 0 Å². The third-order valence-corrected chi connectivity index (χ3v) is 5.55. The van der Waals surface area contributed by atoms with Crippen molar-refractivity contribution in [2.75, 3.05) is 30.0 Å². The molecular formula is C23H29N3O3. The molecule has 1 N–H and O–H groups in total. The number of phenols is 1. The van der Waals surface area contributed by atoms with E-state index in [2.05, 4.69) is 23.6 Å². The molecule has 1 aliphatic rings. The van der Waals surface area contributed by atoms with Gasteiger partial charge in [-0.2, -0.15) is 0 Å². The summed E-state index contributed by atoms with van der Waals surface area (Å²) in [6.07, 6.45) is 1.64. The Morgan fingerprint density at radius 1 is 1.03 bits per heavy atom. The van der Waals surface area contributed by atoms with Crippen molar-refractivity contribution in [2.45, 2.75) is 33.5 Å². The van der Waals surface area contributed by atoms with Gasteiger partial charge in [-0.1, -0.05) is 26.0 Å². The quantitative estimate of drug-likeness (QED) is 0.795. The number of aromatic hydroxyl groups is 1. The lowest BCUT2D eigenvalue weighted by Gasteiger charge is -2.56. The standard InChI is InChI=1S/C23H29N3O3/c1-6-24(7-2)23(4)25(18-12-14-19(27)15-13-18)17(3)16-22(28)26(23)20-10-8-9-11-21(20)29-5/h8-16,27H,6-7H2,1-5H3. The van der Waals surface area contributed by atoms with E-state index in [1.807, 2.05) is 50.2 Å². The minimum absolute atomic E-state index is 0.101. The van der Waals surface area contributed by atoms with E-state index in [-0.39, 0.29) is 11.7 Å². The summed E-state index contributed by atoms with van der Waals surface area (Å²) in [6.45, 7) is 9.64. The zero-order valence-corrected chi connectivity index (χ0v) is 17.7. The van der Waals surface area contributed by atoms with Gasteiger partial charge in [0.15, 0.2) is 5.79 Å². The van der Waals surface area contributed by atoms with Gasteiger partial charge in [0.05, 0.1) is 12.8 Å². The fraction of sp³-hybridized carbons (Fsp3) is 0.348. The Hall–Kier alpha value is -2.99. The second-order valence-corrected chi connectivity index (χ2v) is 7.13. The minimum Gasteiger partial charge on any atom is -0.508 e. The highest BCUT2D eigenvalue weighted by Gasteiger charge is 2.49. The third kappa shape index (κ3) is 3.44. The molecule has 154 valence electrons. The first-order chi connectivity index (χ1) is 13.9. The number of allylic oxidation sites excluding steroid dienone is 1. The van der Waals surface area contributed by atoms with Gasteiger partial charge in [0, 0.05) is 17.5 Å². The topological polar surface area (TPSA) is 56.2 Å². The number of ether oxygens (including phenoxy) is 1. The van der Waals surface area contributed by atoms with Gasteiger partial charge >= 0.3 is 0 Å². The van der Waals surface area contributed by atoms with E-state index in [1.54, 1.807) is 30.2 Å². The maximum absolute atomic E-state index is 13.4. The Morgan fingerprint density at radius 2 is 1.66 bits per heavy atom. The van der Waals surface area contributed by atoms with Gasteiger partial charge in [0.2, 0.25) is 0 Å². The smallest absolute Gasteiger partial charge is 0.255 e. The summed E-state index contributed by atoms with van der Waals surface area (Å²) in [5, 5.41) is 9.77. The fourth-order valence-corrected chi connectivity index (χ4v) is 4.27. The van der Waals surface area contributed by atoms with Gasteiger partial charge < -0.3 is 14.7 Å². The number of anilines is 2. The van der Waals surface area contributed by atoms with Gasteiger partial charge in [-0.15, -0.1) is 0 Å². The molecule has 0 bridgehead atoms. The summed E-state index contributed by atoms with van der Waals surface area (Å²) in [4.78, 5) is 19.5. The monoisotopic (exact) mass is 395 g/mol. The number of carbonyl (C=O) groups is 1. The molecule has 3 rings (SSSR count). The van der Waals surface area contributed by atoms with E-state index < -0.39 is 5.79 Å². The van der Waals surface area contributed by atoms with Crippen LogP contribution in [0.2, 0.25) is 0 Å². The molecule has 1 amide bonds. The molecule has 0 saturated carbocycles. The summed E-state index contributed by atoms with van der Waals surface area (Å²) in [7, 11) is 1.61. The molecule has 6 nitrogen and oxygen atoms in total. The van der Waals surface area contributed by atoms with Crippen LogP contribution in [-0.2, 0) is 4.79 Å². The second kappa shape index (κ2) is 8.17. The average Bonchev–Trinajstić information content (AvgIpc) is 2.70. The predicted molar refractivity (Wildman–Crippen MR) is 116 cm³/mol. The summed E-state index contributed by atoms with van der Waals surface area (Å²) in [5.74, 6) is -0.0748. The molecule has 1 unspecified atom stereocenters. The Labute approximate surface area is 172 Å². The molecular weight excluding hydrogens is 366 g/mol. The maximum atomic E-state index is 13.4. The predicted octanol–water partition coefficient (Wildman–Crippen LogP) is 4.17. The lowest BCUT2D eigenvalue weighted by molar-refractivity contribution is -0.117. The van der Waals surface area contributed by atoms with Crippen LogP contribution in [0.4, 0.5) is 11.4 Å². The van der Waals surface area contributed by atoms with Crippen LogP contribution in [0.25, 0.3) is 0 Å². The molecule has 0 radical (unpaired) electrons. The third-order valence-electron chi connectivity index (χ3n) is 5.55. The van der Waals surface area contributed by atoms with Crippen LogP contribution in [0, 0.1) is 0 Å². The normalized spacial score (nSPS) is 19.5. The molecule has 2 aromatic carbocycles. The molecule has 1 atom stereocenters. The van der Waals surface area contributed by atoms with Crippen molar-refractivity contribution in [1.29, 1.82) is 0 Å². The summed E-state index contributed by atoms with van der Waals surface area (Å²) in [6, 6.07) is 14.6. The van der Waals surface area contributed by atoms with E-state index in [1.165, 1.54) is 0 Å². The van der Waals surface area contributed by atoms with E-state index in [9.17, 15) is 9.90 Å². The second-order valence-electron chi connectivity index (χ2n) is 7.13. The van der Waals surface area contributed by atoms with Gasteiger partial charge in [-0.3, -0.25) is 14.6 Å². The molecule has 0 saturated heterocycles. The highest BCUT2D eigenvalue weighted by atomic mass is 16.5. The Morgan fingerprint density at radius 3 is 2.24 bits per heavy atom. The zero-order chi connectivity index (χ0) is 21.2. The number of hydrogen-bond donors (Lipinski definition) is 1. The number of phenolic OH excluding ortho intramolecular Hbond substituents is 1. The summed E-state index contributed by atoms with van der Waals surface area (Å²) >= 11 is 0. The van der Waals surface area contributed by atoms with Crippen molar-refractivity contribution in [3.8, 4) is 11.5 Å². The molecule has 0 aliphatic carbocycles. The molecule has 0 spiro atoms. The van der Waals surface area contributed by atoms with E-state index >= 15 is 0 Å². The Balaban J connectivity index is 2.29. The first-order valence-corrected chi connectivity index (χ1v) is 9.88. The number of methoxy groups -OCH3 is 1. The van der Waals surface area contributed by atoms with Crippen LogP contribution < -0.4 is 14.5 Å². The number of nitrogens with zero attached hydrogens (tertiary/aromatic N) is 3. The molecule has 29 heavy (non-hydrogen) atoms. The van der Waals surface area contributed by atoms with Crippen LogP contribution in [0.5, 0.6) is 11.5 Å². The molecule has 1 aliphatic heterocycles. The fourth-order valence-electron chi connectivity index (χ4n) is 4.27. The van der Waals surface area contributed by atoms with Crippen molar-refractivity contribution >= 4 is 17.3 Å². The highest BCUT2D eigenvalue weighted by molar-refractivity contribution is 6.06. The lowest BCUT2D eigenvalue weighted by Crippen LogP contribution is -2.71. The van der Waals surface area contributed by atoms with Gasteiger partial charge in [-0.05, 0) is 63.3 Å². The summed E-state index contributed by atoms with van der Waals surface area (Å²) in [5.41, 5.74) is 2.43. The number of carbonyl (C=O) groups excluding carboxylic acids is 1. The average molecular weight is 396 g/mol. The van der Waals surface area contributed by atoms with Gasteiger partial charge in [-0.25, -0.2) is 0 Å². The van der Waals surface area contributed by atoms with Crippen molar-refractivity contribution in [3.05, 3.63) is 60.3 Å². The van der Waals surface area contributed by atoms with Crippen molar-refractivity contribution < 1.29 is 14.6 Å². The SMILES string of the molecule is CCN(CC)C1(C)N(c2ccc(O)cc2)C(C)=CC(=O)N1c1ccccc1OC. The molecule has 0 aromatic heterocycles. The largest absolute Gasteiger partial charge is 0.508 e. The van der Waals surface area contributed by atoms with Gasteiger partial charge in [0.1, 0.15) is 11.5 Å². The maximum Gasteiger partial charge on any atom is 0.255 e. The molecule has 6 heteroatoms. The van der Waals surface area contributed by atoms with Crippen molar-refractivity contribution in [1.82, 2.24) is 4.90 Å². The lowest BCUT2D eigenvalue weighted by atomic mass is 10.0. The minimum atomic E-state index is -0.814. The van der Waals surface area contributed by atoms with Crippen LogP contribution in [0.15, 0.2) is 60.3 Å². The van der Waals surface area contributed by atoms with Crippen LogP contribution >= 0.6 is 0 Å². The first kappa shape index (κ1) is 20.7. The number of rotatable bonds is 6. The number of amides is 1. The van der Waals surface area contributed by atoms with Crippen LogP contribution in [0.1, 0.15) is 27.7 Å². The highest BCUT2D eigenvalue weighted by Crippen LogP contribution is 2.43. The van der Waals surface area contributed by atoms with E-state index in [0.717, 1.165) is 24.5 Å². The molecule has 0 fully saturated rings. The van der Waals surface area contributed by atoms with E-state index in [0.29, 0.717) is 11.4 Å². The van der Waals surface area contributed by atoms with Gasteiger partial charge in [0.25, 0.3) is 5.91 Å². The van der Waals surface area contributed by atoms with E-state index in [4.69, 9.17) is 4.74 Å². The van der Waals surface area contributed by atoms with Crippen LogP contribution in [0.3, 0.4) is 0 Å². The first-order valence-electron chi connectivity index (χ1n) is 9.88. The number of benzene rings is 2. The Bertz CT molecular complexity index is 906. The number of para-hydroxylation sites is 2. The number of hydrogen-bond acceptors (Lipinski definition) is 5. The molecule has 2 aromatic rings.